The first kappa shape index (κ1) is 12.5. The molecule has 1 aliphatic rings. The average Bonchev–Trinajstić information content (AvgIpc) is 3.00. The van der Waals surface area contributed by atoms with Gasteiger partial charge in [-0.1, -0.05) is 26.7 Å². The minimum absolute atomic E-state index is 0.167. The van der Waals surface area contributed by atoms with Gasteiger partial charge >= 0.3 is 0 Å². The molecule has 3 heteroatoms. The first-order valence-electron chi connectivity index (χ1n) is 6.15. The largest absolute Gasteiger partial charge is 0.353 e. The zero-order chi connectivity index (χ0) is 11.3. The van der Waals surface area contributed by atoms with Crippen LogP contribution in [-0.2, 0) is 4.79 Å². The normalized spacial score (nSPS) is 19.7. The van der Waals surface area contributed by atoms with Crippen LogP contribution in [0, 0.1) is 11.8 Å². The van der Waals surface area contributed by atoms with Gasteiger partial charge in [0, 0.05) is 12.5 Å². The van der Waals surface area contributed by atoms with Gasteiger partial charge in [-0.25, -0.2) is 0 Å². The molecule has 0 heterocycles. The van der Waals surface area contributed by atoms with E-state index in [4.69, 9.17) is 5.73 Å². The van der Waals surface area contributed by atoms with Crippen molar-refractivity contribution >= 4 is 5.91 Å². The summed E-state index contributed by atoms with van der Waals surface area (Å²) in [4.78, 5) is 11.6. The Labute approximate surface area is 92.8 Å². The molecule has 1 fully saturated rings. The third kappa shape index (κ3) is 5.17. The van der Waals surface area contributed by atoms with Crippen LogP contribution in [0.25, 0.3) is 0 Å². The second-order valence-corrected chi connectivity index (χ2v) is 4.90. The first-order valence-corrected chi connectivity index (χ1v) is 6.15. The minimum Gasteiger partial charge on any atom is -0.353 e. The zero-order valence-electron chi connectivity index (χ0n) is 9.96. The Morgan fingerprint density at radius 1 is 1.53 bits per heavy atom. The first-order chi connectivity index (χ1) is 7.15. The summed E-state index contributed by atoms with van der Waals surface area (Å²) in [6.07, 6.45) is 5.48. The minimum atomic E-state index is 0.167. The highest BCUT2D eigenvalue weighted by molar-refractivity contribution is 5.76. The van der Waals surface area contributed by atoms with Gasteiger partial charge in [0.2, 0.25) is 5.91 Å². The van der Waals surface area contributed by atoms with E-state index in [0.29, 0.717) is 24.9 Å². The van der Waals surface area contributed by atoms with Gasteiger partial charge in [0.1, 0.15) is 0 Å². The fourth-order valence-corrected chi connectivity index (χ4v) is 1.77. The van der Waals surface area contributed by atoms with Gasteiger partial charge in [0.25, 0.3) is 0 Å². The zero-order valence-corrected chi connectivity index (χ0v) is 9.96. The van der Waals surface area contributed by atoms with Crippen LogP contribution in [0.15, 0.2) is 0 Å². The predicted octanol–water partition coefficient (Wildman–Crippen LogP) is 1.67. The molecule has 2 atom stereocenters. The molecule has 0 aromatic heterocycles. The van der Waals surface area contributed by atoms with Crippen LogP contribution in [0.5, 0.6) is 0 Å². The second-order valence-electron chi connectivity index (χ2n) is 4.90. The summed E-state index contributed by atoms with van der Waals surface area (Å²) in [6, 6.07) is 0.384. The highest BCUT2D eigenvalue weighted by atomic mass is 16.1. The molecule has 0 bridgehead atoms. The lowest BCUT2D eigenvalue weighted by Gasteiger charge is -2.17. The number of hydrogen-bond acceptors (Lipinski definition) is 2. The van der Waals surface area contributed by atoms with Gasteiger partial charge in [-0.3, -0.25) is 4.79 Å². The van der Waals surface area contributed by atoms with E-state index >= 15 is 0 Å². The predicted molar refractivity (Wildman–Crippen MR) is 62.4 cm³/mol. The molecular formula is C12H24N2O. The molecule has 15 heavy (non-hydrogen) atoms. The van der Waals surface area contributed by atoms with Gasteiger partial charge in [-0.15, -0.1) is 0 Å². The Morgan fingerprint density at radius 2 is 2.20 bits per heavy atom. The van der Waals surface area contributed by atoms with Gasteiger partial charge in [-0.05, 0) is 31.2 Å². The second kappa shape index (κ2) is 6.11. The lowest BCUT2D eigenvalue weighted by molar-refractivity contribution is -0.122. The molecule has 3 N–H and O–H groups in total. The van der Waals surface area contributed by atoms with E-state index in [1.807, 2.05) is 6.92 Å². The van der Waals surface area contributed by atoms with Crippen LogP contribution in [0.2, 0.25) is 0 Å². The van der Waals surface area contributed by atoms with Gasteiger partial charge in [-0.2, -0.15) is 0 Å². The topological polar surface area (TPSA) is 55.1 Å². The molecule has 0 aromatic carbocycles. The SMILES string of the molecule is CCC(CC1CC1)NC(=O)CC(C)CN. The number of carbonyl (C=O) groups excluding carboxylic acids is 1. The third-order valence-electron chi connectivity index (χ3n) is 3.11. The molecule has 1 aliphatic carbocycles. The summed E-state index contributed by atoms with van der Waals surface area (Å²) >= 11 is 0. The van der Waals surface area contributed by atoms with Crippen LogP contribution in [-0.4, -0.2) is 18.5 Å². The monoisotopic (exact) mass is 212 g/mol. The number of carbonyl (C=O) groups is 1. The maximum atomic E-state index is 11.6. The van der Waals surface area contributed by atoms with Crippen LogP contribution in [0.3, 0.4) is 0 Å². The van der Waals surface area contributed by atoms with E-state index in [1.54, 1.807) is 0 Å². The Morgan fingerprint density at radius 3 is 2.67 bits per heavy atom. The van der Waals surface area contributed by atoms with Crippen molar-refractivity contribution in [3.63, 3.8) is 0 Å². The van der Waals surface area contributed by atoms with E-state index in [1.165, 1.54) is 19.3 Å². The fraction of sp³-hybridized carbons (Fsp3) is 0.917. The lowest BCUT2D eigenvalue weighted by Crippen LogP contribution is -2.36. The Hall–Kier alpha value is -0.570. The van der Waals surface area contributed by atoms with Crippen LogP contribution >= 0.6 is 0 Å². The summed E-state index contributed by atoms with van der Waals surface area (Å²) in [6.45, 7) is 4.74. The Bertz CT molecular complexity index is 202. The van der Waals surface area contributed by atoms with Crippen LogP contribution < -0.4 is 11.1 Å². The number of rotatable bonds is 7. The molecule has 1 rings (SSSR count). The standard InChI is InChI=1S/C12H24N2O/c1-3-11(7-10-4-5-10)14-12(15)6-9(2)8-13/h9-11H,3-8,13H2,1-2H3,(H,14,15). The van der Waals surface area contributed by atoms with Crippen molar-refractivity contribution in [3.8, 4) is 0 Å². The summed E-state index contributed by atoms with van der Waals surface area (Å²) in [5.41, 5.74) is 5.49. The lowest BCUT2D eigenvalue weighted by atomic mass is 10.1. The summed E-state index contributed by atoms with van der Waals surface area (Å²) in [7, 11) is 0. The van der Waals surface area contributed by atoms with Crippen molar-refractivity contribution < 1.29 is 4.79 Å². The molecule has 0 aromatic rings. The van der Waals surface area contributed by atoms with Crippen LogP contribution in [0.1, 0.15) is 46.0 Å². The smallest absolute Gasteiger partial charge is 0.220 e. The maximum Gasteiger partial charge on any atom is 0.220 e. The van der Waals surface area contributed by atoms with Crippen molar-refractivity contribution in [1.29, 1.82) is 0 Å². The van der Waals surface area contributed by atoms with Crippen molar-refractivity contribution in [2.75, 3.05) is 6.54 Å². The van der Waals surface area contributed by atoms with Crippen LogP contribution in [0.4, 0.5) is 0 Å². The summed E-state index contributed by atoms with van der Waals surface area (Å²) < 4.78 is 0. The molecule has 1 amide bonds. The van der Waals surface area contributed by atoms with Gasteiger partial charge < -0.3 is 11.1 Å². The molecule has 2 unspecified atom stereocenters. The fourth-order valence-electron chi connectivity index (χ4n) is 1.77. The van der Waals surface area contributed by atoms with Crippen molar-refractivity contribution in [3.05, 3.63) is 0 Å². The maximum absolute atomic E-state index is 11.6. The van der Waals surface area contributed by atoms with E-state index in [-0.39, 0.29) is 5.91 Å². The highest BCUT2D eigenvalue weighted by Gasteiger charge is 2.25. The molecule has 0 spiro atoms. The number of nitrogens with one attached hydrogen (secondary N) is 1. The third-order valence-corrected chi connectivity index (χ3v) is 3.11. The number of nitrogens with two attached hydrogens (primary N) is 1. The number of hydrogen-bond donors (Lipinski definition) is 2. The summed E-state index contributed by atoms with van der Waals surface area (Å²) in [5, 5.41) is 3.11. The molecule has 88 valence electrons. The highest BCUT2D eigenvalue weighted by Crippen LogP contribution is 2.34. The molecule has 0 saturated heterocycles. The van der Waals surface area contributed by atoms with Crippen molar-refractivity contribution in [2.24, 2.45) is 17.6 Å². The van der Waals surface area contributed by atoms with E-state index in [0.717, 1.165) is 12.3 Å². The Balaban J connectivity index is 2.20. The molecular weight excluding hydrogens is 188 g/mol. The molecule has 1 saturated carbocycles. The van der Waals surface area contributed by atoms with Gasteiger partial charge in [0.05, 0.1) is 0 Å². The van der Waals surface area contributed by atoms with Gasteiger partial charge in [0.15, 0.2) is 0 Å². The number of amides is 1. The molecule has 0 aliphatic heterocycles. The van der Waals surface area contributed by atoms with E-state index in [2.05, 4.69) is 12.2 Å². The summed E-state index contributed by atoms with van der Waals surface area (Å²) in [5.74, 6) is 1.34. The molecule has 0 radical (unpaired) electrons. The average molecular weight is 212 g/mol. The van der Waals surface area contributed by atoms with Crippen molar-refractivity contribution in [1.82, 2.24) is 5.32 Å². The Kier molecular flexibility index (Phi) is 5.09. The quantitative estimate of drug-likeness (QED) is 0.674. The van der Waals surface area contributed by atoms with E-state index < -0.39 is 0 Å². The van der Waals surface area contributed by atoms with Crippen molar-refractivity contribution in [2.45, 2.75) is 52.0 Å². The molecule has 3 nitrogen and oxygen atoms in total. The van der Waals surface area contributed by atoms with E-state index in [9.17, 15) is 4.79 Å².